The van der Waals surface area contributed by atoms with E-state index < -0.39 is 47.2 Å². The zero-order chi connectivity index (χ0) is 30.1. The van der Waals surface area contributed by atoms with Crippen LogP contribution >= 0.6 is 0 Å². The number of ether oxygens (including phenoxy) is 1. The number of amides is 3. The van der Waals surface area contributed by atoms with Crippen LogP contribution in [-0.2, 0) is 27.2 Å². The normalized spacial score (nSPS) is 18.8. The molecular weight excluding hydrogens is 530 g/mol. The van der Waals surface area contributed by atoms with Gasteiger partial charge in [0.05, 0.1) is 11.5 Å². The van der Waals surface area contributed by atoms with Crippen molar-refractivity contribution >= 4 is 23.6 Å². The Bertz CT molecular complexity index is 1460. The van der Waals surface area contributed by atoms with E-state index in [0.717, 1.165) is 34.2 Å². The summed E-state index contributed by atoms with van der Waals surface area (Å²) in [5.41, 5.74) is 7.57. The third-order valence-electron chi connectivity index (χ3n) is 7.14. The zero-order valence-electron chi connectivity index (χ0n) is 23.5. The molecule has 0 bridgehead atoms. The number of halogens is 2. The van der Waals surface area contributed by atoms with Gasteiger partial charge in [-0.1, -0.05) is 30.9 Å². The molecule has 3 amide bonds. The minimum atomic E-state index is -0.874. The van der Waals surface area contributed by atoms with Crippen LogP contribution in [0.15, 0.2) is 72.6 Å². The van der Waals surface area contributed by atoms with Crippen molar-refractivity contribution in [1.29, 1.82) is 0 Å². The lowest BCUT2D eigenvalue weighted by Gasteiger charge is -2.31. The summed E-state index contributed by atoms with van der Waals surface area (Å²) in [4.78, 5) is 40.3. The van der Waals surface area contributed by atoms with Crippen LogP contribution in [0, 0.1) is 17.0 Å². The number of carbonyl (C=O) groups excluding carboxylic acids is 3. The van der Waals surface area contributed by atoms with Crippen LogP contribution in [0.3, 0.4) is 0 Å². The molecule has 216 valence electrons. The van der Waals surface area contributed by atoms with Crippen LogP contribution in [0.1, 0.15) is 50.4 Å². The number of benzene rings is 2. The number of nitrogens with zero attached hydrogens (tertiary/aromatic N) is 1. The Kier molecular flexibility index (Phi) is 8.05. The van der Waals surface area contributed by atoms with E-state index in [1.807, 2.05) is 6.07 Å². The fraction of sp³-hybridized carbons (Fsp3) is 0.323. The van der Waals surface area contributed by atoms with Crippen LogP contribution < -0.4 is 16.4 Å². The number of allylic oxidation sites excluding steroid dienone is 3. The number of carbonyl (C=O) groups is 3. The zero-order valence-corrected chi connectivity index (χ0v) is 23.5. The molecule has 41 heavy (non-hydrogen) atoms. The van der Waals surface area contributed by atoms with Crippen LogP contribution in [-0.4, -0.2) is 35.0 Å². The summed E-state index contributed by atoms with van der Waals surface area (Å²) in [6, 6.07) is 7.44. The molecule has 1 aliphatic heterocycles. The fourth-order valence-electron chi connectivity index (χ4n) is 5.24. The third kappa shape index (κ3) is 6.32. The summed E-state index contributed by atoms with van der Waals surface area (Å²) >= 11 is 0. The van der Waals surface area contributed by atoms with E-state index in [1.165, 1.54) is 0 Å². The molecule has 2 aromatic rings. The highest BCUT2D eigenvalue weighted by atomic mass is 19.1. The van der Waals surface area contributed by atoms with E-state index in [2.05, 4.69) is 17.2 Å². The van der Waals surface area contributed by atoms with Gasteiger partial charge in [0.15, 0.2) is 0 Å². The Hall–Kier alpha value is -4.47. The van der Waals surface area contributed by atoms with Crippen molar-refractivity contribution in [3.05, 3.63) is 101 Å². The fourth-order valence-corrected chi connectivity index (χ4v) is 5.24. The lowest BCUT2D eigenvalue weighted by atomic mass is 9.78. The first-order chi connectivity index (χ1) is 19.2. The molecule has 2 aromatic carbocycles. The van der Waals surface area contributed by atoms with Crippen molar-refractivity contribution < 1.29 is 27.9 Å². The van der Waals surface area contributed by atoms with Crippen molar-refractivity contribution in [1.82, 2.24) is 10.2 Å². The molecule has 4 N–H and O–H groups in total. The second kappa shape index (κ2) is 11.2. The molecule has 4 rings (SSSR count). The molecule has 1 heterocycles. The molecule has 0 saturated carbocycles. The van der Waals surface area contributed by atoms with E-state index in [-0.39, 0.29) is 11.5 Å². The Morgan fingerprint density at radius 3 is 2.46 bits per heavy atom. The van der Waals surface area contributed by atoms with Crippen molar-refractivity contribution in [2.75, 3.05) is 11.9 Å². The average Bonchev–Trinajstić information content (AvgIpc) is 3.35. The number of rotatable bonds is 7. The minimum absolute atomic E-state index is 0.174. The summed E-state index contributed by atoms with van der Waals surface area (Å²) in [5.74, 6) is -2.01. The van der Waals surface area contributed by atoms with Gasteiger partial charge in [-0.3, -0.25) is 14.5 Å². The molecule has 1 spiro atoms. The van der Waals surface area contributed by atoms with Crippen LogP contribution in [0.2, 0.25) is 0 Å². The van der Waals surface area contributed by atoms with Crippen LogP contribution in [0.5, 0.6) is 0 Å². The van der Waals surface area contributed by atoms with Crippen LogP contribution in [0.25, 0.3) is 0 Å². The lowest BCUT2D eigenvalue weighted by molar-refractivity contribution is -0.126. The molecule has 0 aromatic heterocycles. The SMILES string of the molecule is C=C/C=C\C1=C(N)NC(=O)C12Cc1ccc(NC(=O)CN(C(=O)OC(C)(C)C)[C@H](C)c3cc(F)cc(F)c3)cc1C2. The number of anilines is 1. The van der Waals surface area contributed by atoms with E-state index >= 15 is 0 Å². The van der Waals surface area contributed by atoms with Gasteiger partial charge >= 0.3 is 6.09 Å². The number of hydrogen-bond acceptors (Lipinski definition) is 5. The van der Waals surface area contributed by atoms with Gasteiger partial charge in [-0.2, -0.15) is 0 Å². The summed E-state index contributed by atoms with van der Waals surface area (Å²) < 4.78 is 33.3. The second-order valence-corrected chi connectivity index (χ2v) is 11.3. The number of hydrogen-bond donors (Lipinski definition) is 3. The predicted octanol–water partition coefficient (Wildman–Crippen LogP) is 5.03. The summed E-state index contributed by atoms with van der Waals surface area (Å²) in [6.45, 7) is 9.84. The van der Waals surface area contributed by atoms with Crippen molar-refractivity contribution in [3.63, 3.8) is 0 Å². The second-order valence-electron chi connectivity index (χ2n) is 11.3. The number of nitrogens with two attached hydrogens (primary N) is 1. The van der Waals surface area contributed by atoms with Gasteiger partial charge in [-0.05, 0) is 81.5 Å². The van der Waals surface area contributed by atoms with Crippen molar-refractivity contribution in [2.24, 2.45) is 11.1 Å². The maximum atomic E-state index is 13.9. The summed E-state index contributed by atoms with van der Waals surface area (Å²) in [6.07, 6.45) is 5.16. The van der Waals surface area contributed by atoms with Crippen molar-refractivity contribution in [3.8, 4) is 0 Å². The largest absolute Gasteiger partial charge is 0.444 e. The van der Waals surface area contributed by atoms with Crippen LogP contribution in [0.4, 0.5) is 19.3 Å². The summed E-state index contributed by atoms with van der Waals surface area (Å²) in [5, 5.41) is 5.53. The van der Waals surface area contributed by atoms with Gasteiger partial charge < -0.3 is 21.1 Å². The Morgan fingerprint density at radius 2 is 1.83 bits per heavy atom. The van der Waals surface area contributed by atoms with Gasteiger partial charge in [-0.25, -0.2) is 13.6 Å². The molecule has 2 aliphatic rings. The molecule has 1 unspecified atom stereocenters. The minimum Gasteiger partial charge on any atom is -0.444 e. The third-order valence-corrected chi connectivity index (χ3v) is 7.14. The Balaban J connectivity index is 1.54. The lowest BCUT2D eigenvalue weighted by Crippen LogP contribution is -2.42. The molecule has 0 saturated heterocycles. The molecule has 0 fully saturated rings. The molecule has 10 heteroatoms. The predicted molar refractivity (Wildman–Crippen MR) is 151 cm³/mol. The Labute approximate surface area is 237 Å². The van der Waals surface area contributed by atoms with Gasteiger partial charge in [0.2, 0.25) is 11.8 Å². The van der Waals surface area contributed by atoms with E-state index in [1.54, 1.807) is 58.1 Å². The monoisotopic (exact) mass is 564 g/mol. The summed E-state index contributed by atoms with van der Waals surface area (Å²) in [7, 11) is 0. The molecule has 0 radical (unpaired) electrons. The van der Waals surface area contributed by atoms with Gasteiger partial charge in [-0.15, -0.1) is 0 Å². The molecule has 1 aliphatic carbocycles. The molecule has 8 nitrogen and oxygen atoms in total. The molecular formula is C31H34F2N4O4. The maximum Gasteiger partial charge on any atom is 0.411 e. The quantitative estimate of drug-likeness (QED) is 0.409. The van der Waals surface area contributed by atoms with E-state index in [4.69, 9.17) is 10.5 Å². The first-order valence-electron chi connectivity index (χ1n) is 13.2. The smallest absolute Gasteiger partial charge is 0.411 e. The van der Waals surface area contributed by atoms with Crippen molar-refractivity contribution in [2.45, 2.75) is 52.2 Å². The highest BCUT2D eigenvalue weighted by Crippen LogP contribution is 2.47. The highest BCUT2D eigenvalue weighted by molar-refractivity contribution is 5.95. The first-order valence-corrected chi connectivity index (χ1v) is 13.2. The maximum absolute atomic E-state index is 13.9. The first kappa shape index (κ1) is 29.5. The standard InChI is InChI=1S/C31H34F2N4O4/c1-6-7-8-25-27(34)36-28(39)31(25)15-19-9-10-24(13-21(19)16-31)35-26(38)17-37(29(40)41-30(3,4)5)18(2)20-11-22(32)14-23(33)12-20/h6-14,18H,1,15-17,34H2,2-5H3,(H,35,38)(H,36,39)/b8-7-/t18-,31?/m1/s1. The van der Waals surface area contributed by atoms with Gasteiger partial charge in [0.25, 0.3) is 0 Å². The van der Waals surface area contributed by atoms with E-state index in [9.17, 15) is 23.2 Å². The Morgan fingerprint density at radius 1 is 1.17 bits per heavy atom. The molecule has 2 atom stereocenters. The number of nitrogens with one attached hydrogen (secondary N) is 2. The highest BCUT2D eigenvalue weighted by Gasteiger charge is 2.50. The average molecular weight is 565 g/mol. The topological polar surface area (TPSA) is 114 Å². The van der Waals surface area contributed by atoms with Gasteiger partial charge in [0, 0.05) is 17.3 Å². The van der Waals surface area contributed by atoms with Gasteiger partial charge in [0.1, 0.15) is 29.6 Å². The number of fused-ring (bicyclic) bond motifs is 1. The van der Waals surface area contributed by atoms with E-state index in [0.29, 0.717) is 29.9 Å².